The Bertz CT molecular complexity index is 609. The van der Waals surface area contributed by atoms with Crippen molar-refractivity contribution in [3.8, 4) is 17.0 Å². The Morgan fingerprint density at radius 3 is 2.74 bits per heavy atom. The number of alkyl halides is 1. The van der Waals surface area contributed by atoms with Crippen molar-refractivity contribution in [2.75, 3.05) is 7.11 Å². The van der Waals surface area contributed by atoms with Gasteiger partial charge >= 0.3 is 0 Å². The average Bonchev–Trinajstić information content (AvgIpc) is 2.47. The minimum absolute atomic E-state index is 0.142. The predicted molar refractivity (Wildman–Crippen MR) is 75.7 cm³/mol. The third-order valence-corrected chi connectivity index (χ3v) is 3.16. The molecule has 0 saturated heterocycles. The molecule has 5 heteroatoms. The van der Waals surface area contributed by atoms with Gasteiger partial charge in [-0.2, -0.15) is 5.10 Å². The summed E-state index contributed by atoms with van der Waals surface area (Å²) in [4.78, 5) is 12.0. The fourth-order valence-corrected chi connectivity index (χ4v) is 2.09. The molecule has 0 radical (unpaired) electrons. The lowest BCUT2D eigenvalue weighted by Crippen LogP contribution is -2.25. The van der Waals surface area contributed by atoms with Crippen LogP contribution in [0.25, 0.3) is 11.3 Å². The molecule has 4 nitrogen and oxygen atoms in total. The number of benzene rings is 1. The molecule has 100 valence electrons. The molecular formula is C14H15ClN2O2. The fraction of sp³-hybridized carbons (Fsp3) is 0.286. The zero-order valence-corrected chi connectivity index (χ0v) is 11.6. The standard InChI is InChI=1S/C14H15ClN2O2/c1-3-17-14(18)10(9-15)8-12(16-17)11-6-4-5-7-13(11)19-2/h4-8H,3,9H2,1-2H3. The van der Waals surface area contributed by atoms with E-state index in [0.29, 0.717) is 17.8 Å². The Morgan fingerprint density at radius 2 is 2.11 bits per heavy atom. The first-order valence-corrected chi connectivity index (χ1v) is 6.55. The number of halogens is 1. The van der Waals surface area contributed by atoms with Gasteiger partial charge in [-0.05, 0) is 25.1 Å². The van der Waals surface area contributed by atoms with Crippen LogP contribution in [0.15, 0.2) is 35.1 Å². The van der Waals surface area contributed by atoms with Gasteiger partial charge in [-0.3, -0.25) is 4.79 Å². The third-order valence-electron chi connectivity index (χ3n) is 2.87. The zero-order valence-electron chi connectivity index (χ0n) is 10.9. The third kappa shape index (κ3) is 2.63. The summed E-state index contributed by atoms with van der Waals surface area (Å²) in [5, 5.41) is 4.34. The summed E-state index contributed by atoms with van der Waals surface area (Å²) < 4.78 is 6.73. The topological polar surface area (TPSA) is 44.1 Å². The largest absolute Gasteiger partial charge is 0.496 e. The van der Waals surface area contributed by atoms with Gasteiger partial charge in [0.25, 0.3) is 5.56 Å². The molecule has 0 N–H and O–H groups in total. The molecule has 0 aliphatic carbocycles. The van der Waals surface area contributed by atoms with Gasteiger partial charge in [0.05, 0.1) is 18.7 Å². The maximum absolute atomic E-state index is 12.0. The van der Waals surface area contributed by atoms with Crippen molar-refractivity contribution in [2.45, 2.75) is 19.3 Å². The summed E-state index contributed by atoms with van der Waals surface area (Å²) in [7, 11) is 1.61. The highest BCUT2D eigenvalue weighted by Crippen LogP contribution is 2.27. The first-order chi connectivity index (χ1) is 9.21. The van der Waals surface area contributed by atoms with Gasteiger partial charge in [-0.25, -0.2) is 4.68 Å². The SMILES string of the molecule is CCn1nc(-c2ccccc2OC)cc(CCl)c1=O. The van der Waals surface area contributed by atoms with E-state index in [1.165, 1.54) is 4.68 Å². The van der Waals surface area contributed by atoms with Crippen molar-refractivity contribution in [3.05, 3.63) is 46.2 Å². The van der Waals surface area contributed by atoms with Crippen LogP contribution in [0.1, 0.15) is 12.5 Å². The van der Waals surface area contributed by atoms with Crippen LogP contribution in [0.2, 0.25) is 0 Å². The molecule has 0 saturated carbocycles. The number of methoxy groups -OCH3 is 1. The summed E-state index contributed by atoms with van der Waals surface area (Å²) in [5.41, 5.74) is 1.93. The summed E-state index contributed by atoms with van der Waals surface area (Å²) in [6, 6.07) is 9.28. The number of aromatic nitrogens is 2. The minimum Gasteiger partial charge on any atom is -0.496 e. The molecule has 1 aromatic heterocycles. The van der Waals surface area contributed by atoms with Crippen molar-refractivity contribution < 1.29 is 4.74 Å². The highest BCUT2D eigenvalue weighted by molar-refractivity contribution is 6.17. The molecule has 2 aromatic rings. The summed E-state index contributed by atoms with van der Waals surface area (Å²) in [5.74, 6) is 0.889. The van der Waals surface area contributed by atoms with Gasteiger partial charge in [0.2, 0.25) is 0 Å². The van der Waals surface area contributed by atoms with Crippen LogP contribution in [-0.2, 0) is 12.4 Å². The van der Waals surface area contributed by atoms with Crippen LogP contribution in [0.4, 0.5) is 0 Å². The second-order valence-corrected chi connectivity index (χ2v) is 4.28. The first-order valence-electron chi connectivity index (χ1n) is 6.01. The van der Waals surface area contributed by atoms with Crippen molar-refractivity contribution in [1.82, 2.24) is 9.78 Å². The smallest absolute Gasteiger partial charge is 0.271 e. The van der Waals surface area contributed by atoms with Gasteiger partial charge < -0.3 is 4.74 Å². The van der Waals surface area contributed by atoms with E-state index in [1.54, 1.807) is 13.2 Å². The molecule has 0 unspecified atom stereocenters. The molecule has 0 spiro atoms. The van der Waals surface area contributed by atoms with Crippen molar-refractivity contribution >= 4 is 11.6 Å². The second kappa shape index (κ2) is 5.89. The average molecular weight is 279 g/mol. The second-order valence-electron chi connectivity index (χ2n) is 4.01. The van der Waals surface area contributed by atoms with E-state index in [-0.39, 0.29) is 11.4 Å². The van der Waals surface area contributed by atoms with Gasteiger partial charge in [-0.1, -0.05) is 12.1 Å². The highest BCUT2D eigenvalue weighted by atomic mass is 35.5. The number of ether oxygens (including phenoxy) is 1. The monoisotopic (exact) mass is 278 g/mol. The van der Waals surface area contributed by atoms with Crippen LogP contribution in [0.5, 0.6) is 5.75 Å². The van der Waals surface area contributed by atoms with Crippen LogP contribution >= 0.6 is 11.6 Å². The molecule has 1 aromatic carbocycles. The van der Waals surface area contributed by atoms with Crippen molar-refractivity contribution in [1.29, 1.82) is 0 Å². The molecule has 1 heterocycles. The van der Waals surface area contributed by atoms with Crippen LogP contribution in [0, 0.1) is 0 Å². The van der Waals surface area contributed by atoms with E-state index in [4.69, 9.17) is 16.3 Å². The Morgan fingerprint density at radius 1 is 1.37 bits per heavy atom. The van der Waals surface area contributed by atoms with Crippen LogP contribution in [-0.4, -0.2) is 16.9 Å². The normalized spacial score (nSPS) is 10.5. The van der Waals surface area contributed by atoms with Crippen molar-refractivity contribution in [3.63, 3.8) is 0 Å². The van der Waals surface area contributed by atoms with E-state index in [1.807, 2.05) is 31.2 Å². The molecular weight excluding hydrogens is 264 g/mol. The maximum Gasteiger partial charge on any atom is 0.271 e. The lowest BCUT2D eigenvalue weighted by molar-refractivity contribution is 0.416. The molecule has 19 heavy (non-hydrogen) atoms. The summed E-state index contributed by atoms with van der Waals surface area (Å²) in [6.07, 6.45) is 0. The van der Waals surface area contributed by atoms with Crippen LogP contribution in [0.3, 0.4) is 0 Å². The minimum atomic E-state index is -0.142. The molecule has 0 bridgehead atoms. The Labute approximate surface area is 116 Å². The number of hydrogen-bond donors (Lipinski definition) is 0. The van der Waals surface area contributed by atoms with E-state index in [2.05, 4.69) is 5.10 Å². The number of aryl methyl sites for hydroxylation is 1. The van der Waals surface area contributed by atoms with Gasteiger partial charge in [0.1, 0.15) is 5.75 Å². The van der Waals surface area contributed by atoms with Gasteiger partial charge in [0, 0.05) is 17.7 Å². The quantitative estimate of drug-likeness (QED) is 0.808. The lowest BCUT2D eigenvalue weighted by Gasteiger charge is -2.10. The number of hydrogen-bond acceptors (Lipinski definition) is 3. The Hall–Kier alpha value is -1.81. The highest BCUT2D eigenvalue weighted by Gasteiger charge is 2.11. The molecule has 0 aliphatic heterocycles. The fourth-order valence-electron chi connectivity index (χ4n) is 1.89. The lowest BCUT2D eigenvalue weighted by atomic mass is 10.1. The number of rotatable bonds is 4. The van der Waals surface area contributed by atoms with Gasteiger partial charge in [0.15, 0.2) is 0 Å². The molecule has 0 aliphatic rings. The van der Waals surface area contributed by atoms with Gasteiger partial charge in [-0.15, -0.1) is 11.6 Å². The Balaban J connectivity index is 2.65. The first kappa shape index (κ1) is 13.6. The zero-order chi connectivity index (χ0) is 13.8. The molecule has 0 fully saturated rings. The molecule has 0 amide bonds. The number of nitrogens with zero attached hydrogens (tertiary/aromatic N) is 2. The summed E-state index contributed by atoms with van der Waals surface area (Å²) in [6.45, 7) is 2.38. The van der Waals surface area contributed by atoms with E-state index in [0.717, 1.165) is 11.3 Å². The maximum atomic E-state index is 12.0. The molecule has 2 rings (SSSR count). The summed E-state index contributed by atoms with van der Waals surface area (Å²) >= 11 is 5.82. The molecule has 0 atom stereocenters. The van der Waals surface area contributed by atoms with Crippen molar-refractivity contribution in [2.24, 2.45) is 0 Å². The van der Waals surface area contributed by atoms with Crippen LogP contribution < -0.4 is 10.3 Å². The van der Waals surface area contributed by atoms with E-state index < -0.39 is 0 Å². The van der Waals surface area contributed by atoms with E-state index in [9.17, 15) is 4.79 Å². The Kier molecular flexibility index (Phi) is 4.22. The van der Waals surface area contributed by atoms with E-state index >= 15 is 0 Å². The number of para-hydroxylation sites is 1. The predicted octanol–water partition coefficient (Wildman–Crippen LogP) is 2.68.